The van der Waals surface area contributed by atoms with Crippen LogP contribution in [0.1, 0.15) is 16.7 Å². The number of hydrogen-bond acceptors (Lipinski definition) is 7. The van der Waals surface area contributed by atoms with Crippen LogP contribution in [0.2, 0.25) is 0 Å². The summed E-state index contributed by atoms with van der Waals surface area (Å²) >= 11 is 6.25. The van der Waals surface area contributed by atoms with E-state index in [-0.39, 0.29) is 33.0 Å². The van der Waals surface area contributed by atoms with Crippen LogP contribution in [0.15, 0.2) is 32.2 Å². The number of benzene rings is 2. The zero-order valence-corrected chi connectivity index (χ0v) is 17.9. The highest BCUT2D eigenvalue weighted by Crippen LogP contribution is 2.43. The number of aryl methyl sites for hydroxylation is 1. The second-order valence-electron chi connectivity index (χ2n) is 5.67. The molecule has 0 spiro atoms. The summed E-state index contributed by atoms with van der Waals surface area (Å²) < 4.78 is 5.63. The van der Waals surface area contributed by atoms with Gasteiger partial charge in [0.2, 0.25) is 0 Å². The molecule has 2 aromatic rings. The third-order valence-corrected chi connectivity index (χ3v) is 5.39. The maximum Gasteiger partial charge on any atom is 0.311 e. The third-order valence-electron chi connectivity index (χ3n) is 3.66. The number of halogens is 2. The molecule has 0 aliphatic carbocycles. The lowest BCUT2D eigenvalue weighted by atomic mass is 10.1. The van der Waals surface area contributed by atoms with E-state index in [0.717, 1.165) is 0 Å². The third kappa shape index (κ3) is 4.78. The number of phenols is 2. The fraction of sp³-hybridized carbons (Fsp3) is 0.176. The lowest BCUT2D eigenvalue weighted by Crippen LogP contribution is -2.24. The van der Waals surface area contributed by atoms with Crippen molar-refractivity contribution in [2.45, 2.75) is 13.8 Å². The van der Waals surface area contributed by atoms with Gasteiger partial charge < -0.3 is 14.9 Å². The summed E-state index contributed by atoms with van der Waals surface area (Å²) in [5.74, 6) is -1.10. The van der Waals surface area contributed by atoms with Crippen molar-refractivity contribution in [3.05, 3.63) is 53.9 Å². The molecule has 11 heteroatoms. The number of hydrogen-bond donors (Lipinski definition) is 3. The van der Waals surface area contributed by atoms with Crippen molar-refractivity contribution >= 4 is 49.7 Å². The molecule has 2 rings (SSSR count). The Morgan fingerprint density at radius 3 is 2.61 bits per heavy atom. The van der Waals surface area contributed by atoms with Crippen LogP contribution in [0.3, 0.4) is 0 Å². The van der Waals surface area contributed by atoms with Crippen LogP contribution in [0.25, 0.3) is 0 Å². The molecule has 9 nitrogen and oxygen atoms in total. The predicted molar refractivity (Wildman–Crippen MR) is 109 cm³/mol. The first kappa shape index (κ1) is 21.6. The number of carbonyl (C=O) groups excluding carboxylic acids is 1. The summed E-state index contributed by atoms with van der Waals surface area (Å²) in [5, 5.41) is 34.7. The van der Waals surface area contributed by atoms with E-state index < -0.39 is 17.4 Å². The minimum absolute atomic E-state index is 0.0328. The second-order valence-corrected chi connectivity index (χ2v) is 7.26. The smallest absolute Gasteiger partial charge is 0.311 e. The van der Waals surface area contributed by atoms with E-state index >= 15 is 0 Å². The van der Waals surface area contributed by atoms with E-state index in [2.05, 4.69) is 42.4 Å². The Labute approximate surface area is 176 Å². The normalized spacial score (nSPS) is 10.9. The van der Waals surface area contributed by atoms with Gasteiger partial charge >= 0.3 is 5.69 Å². The molecule has 0 fully saturated rings. The molecular formula is C17H15Br2N3O6. The van der Waals surface area contributed by atoms with Crippen molar-refractivity contribution in [2.75, 3.05) is 6.61 Å². The Bertz CT molecular complexity index is 949. The lowest BCUT2D eigenvalue weighted by molar-refractivity contribution is -0.385. The number of phenolic OH excluding ortho intramolecular Hbond substituents is 2. The van der Waals surface area contributed by atoms with E-state index in [1.165, 1.54) is 18.3 Å². The molecule has 0 radical (unpaired) electrons. The van der Waals surface area contributed by atoms with Gasteiger partial charge in [-0.2, -0.15) is 5.10 Å². The standard InChI is InChI=1S/C17H15Br2N3O6/c1-8-3-4-12(11(5-8)22(26)27)28-7-13(23)21-20-6-10-9(2)14(18)17(25)15(19)16(10)24/h3-6,24-25H,7H2,1-2H3,(H,21,23)/b20-6-. The van der Waals surface area contributed by atoms with Crippen LogP contribution in [0, 0.1) is 24.0 Å². The van der Waals surface area contributed by atoms with Gasteiger partial charge in [0, 0.05) is 11.6 Å². The maximum atomic E-state index is 11.9. The van der Waals surface area contributed by atoms with Crippen molar-refractivity contribution in [3.63, 3.8) is 0 Å². The van der Waals surface area contributed by atoms with Gasteiger partial charge in [-0.3, -0.25) is 14.9 Å². The zero-order valence-electron chi connectivity index (χ0n) is 14.7. The maximum absolute atomic E-state index is 11.9. The molecule has 0 saturated heterocycles. The predicted octanol–water partition coefficient (Wildman–Crippen LogP) is 3.68. The highest BCUT2D eigenvalue weighted by Gasteiger charge is 2.18. The summed E-state index contributed by atoms with van der Waals surface area (Å²) in [7, 11) is 0. The van der Waals surface area contributed by atoms with Crippen LogP contribution in [-0.4, -0.2) is 33.9 Å². The number of amides is 1. The van der Waals surface area contributed by atoms with E-state index in [1.54, 1.807) is 19.9 Å². The molecule has 0 heterocycles. The van der Waals surface area contributed by atoms with E-state index in [0.29, 0.717) is 15.6 Å². The van der Waals surface area contributed by atoms with Gasteiger partial charge in [-0.25, -0.2) is 5.43 Å². The summed E-state index contributed by atoms with van der Waals surface area (Å²) in [6.07, 6.45) is 1.20. The molecular weight excluding hydrogens is 502 g/mol. The molecule has 148 valence electrons. The molecule has 0 aliphatic rings. The number of ether oxygens (including phenoxy) is 1. The highest BCUT2D eigenvalue weighted by atomic mass is 79.9. The number of aromatic hydroxyl groups is 2. The van der Waals surface area contributed by atoms with Gasteiger partial charge in [0.1, 0.15) is 16.0 Å². The summed E-state index contributed by atoms with van der Waals surface area (Å²) in [5.41, 5.74) is 3.42. The summed E-state index contributed by atoms with van der Waals surface area (Å²) in [6, 6.07) is 4.39. The van der Waals surface area contributed by atoms with Crippen LogP contribution < -0.4 is 10.2 Å². The highest BCUT2D eigenvalue weighted by molar-refractivity contribution is 9.11. The molecule has 0 atom stereocenters. The fourth-order valence-electron chi connectivity index (χ4n) is 2.19. The Morgan fingerprint density at radius 1 is 1.29 bits per heavy atom. The van der Waals surface area contributed by atoms with E-state index in [4.69, 9.17) is 4.74 Å². The number of nitro benzene ring substituents is 1. The Hall–Kier alpha value is -2.66. The molecule has 28 heavy (non-hydrogen) atoms. The van der Waals surface area contributed by atoms with Crippen molar-refractivity contribution in [1.29, 1.82) is 0 Å². The van der Waals surface area contributed by atoms with E-state index in [9.17, 15) is 25.1 Å². The molecule has 0 bridgehead atoms. The van der Waals surface area contributed by atoms with Crippen molar-refractivity contribution in [3.8, 4) is 17.2 Å². The van der Waals surface area contributed by atoms with E-state index in [1.807, 2.05) is 0 Å². The first-order valence-electron chi connectivity index (χ1n) is 7.72. The van der Waals surface area contributed by atoms with Crippen LogP contribution in [0.4, 0.5) is 5.69 Å². The first-order chi connectivity index (χ1) is 13.1. The zero-order chi connectivity index (χ0) is 21.0. The lowest BCUT2D eigenvalue weighted by Gasteiger charge is -2.11. The van der Waals surface area contributed by atoms with Gasteiger partial charge in [0.05, 0.1) is 15.6 Å². The Morgan fingerprint density at radius 2 is 1.96 bits per heavy atom. The Balaban J connectivity index is 2.06. The molecule has 1 amide bonds. The number of hydrazone groups is 1. The number of nitrogens with zero attached hydrogens (tertiary/aromatic N) is 2. The van der Waals surface area contributed by atoms with Crippen LogP contribution in [0.5, 0.6) is 17.2 Å². The average Bonchev–Trinajstić information content (AvgIpc) is 2.66. The summed E-state index contributed by atoms with van der Waals surface area (Å²) in [4.78, 5) is 22.3. The molecule has 2 aromatic carbocycles. The number of nitro groups is 1. The minimum Gasteiger partial charge on any atom is -0.506 e. The first-order valence-corrected chi connectivity index (χ1v) is 9.31. The van der Waals surface area contributed by atoms with Crippen LogP contribution >= 0.6 is 31.9 Å². The SMILES string of the molecule is Cc1ccc(OCC(=O)N/N=C\c2c(C)c(Br)c(O)c(Br)c2O)c([N+](=O)[O-])c1. The molecule has 0 saturated carbocycles. The van der Waals surface area contributed by atoms with Crippen molar-refractivity contribution in [1.82, 2.24) is 5.43 Å². The molecule has 0 aliphatic heterocycles. The summed E-state index contributed by atoms with van der Waals surface area (Å²) in [6.45, 7) is 2.85. The average molecular weight is 517 g/mol. The van der Waals surface area contributed by atoms with Gasteiger partial charge in [-0.15, -0.1) is 0 Å². The number of nitrogens with one attached hydrogen (secondary N) is 1. The largest absolute Gasteiger partial charge is 0.506 e. The van der Waals surface area contributed by atoms with Gasteiger partial charge in [-0.1, -0.05) is 6.07 Å². The fourth-order valence-corrected chi connectivity index (χ4v) is 3.28. The van der Waals surface area contributed by atoms with Crippen molar-refractivity contribution in [2.24, 2.45) is 5.10 Å². The monoisotopic (exact) mass is 515 g/mol. The van der Waals surface area contributed by atoms with Gasteiger partial charge in [-0.05, 0) is 62.9 Å². The topological polar surface area (TPSA) is 134 Å². The minimum atomic E-state index is -0.653. The quantitative estimate of drug-likeness (QED) is 0.304. The van der Waals surface area contributed by atoms with Gasteiger partial charge in [0.25, 0.3) is 5.91 Å². The Kier molecular flexibility index (Phi) is 6.97. The number of rotatable bonds is 6. The molecule has 0 unspecified atom stereocenters. The molecule has 3 N–H and O–H groups in total. The van der Waals surface area contributed by atoms with Crippen LogP contribution in [-0.2, 0) is 4.79 Å². The van der Waals surface area contributed by atoms with Crippen molar-refractivity contribution < 1.29 is 24.7 Å². The number of carbonyl (C=O) groups is 1. The molecule has 0 aromatic heterocycles. The second kappa shape index (κ2) is 9.02. The van der Waals surface area contributed by atoms with Gasteiger partial charge in [0.15, 0.2) is 12.4 Å².